The maximum Gasteiger partial charge on any atom is 0.255 e. The molecule has 156 valence electrons. The van der Waals surface area contributed by atoms with Crippen LogP contribution in [0.2, 0.25) is 0 Å². The molecule has 0 radical (unpaired) electrons. The van der Waals surface area contributed by atoms with Crippen LogP contribution in [0.3, 0.4) is 0 Å². The van der Waals surface area contributed by atoms with Gasteiger partial charge in [-0.2, -0.15) is 4.98 Å². The summed E-state index contributed by atoms with van der Waals surface area (Å²) in [6.07, 6.45) is 2.21. The summed E-state index contributed by atoms with van der Waals surface area (Å²) in [7, 11) is 1.55. The van der Waals surface area contributed by atoms with Gasteiger partial charge in [0.2, 0.25) is 11.8 Å². The predicted octanol–water partition coefficient (Wildman–Crippen LogP) is 2.58. The summed E-state index contributed by atoms with van der Waals surface area (Å²) >= 11 is 0. The highest BCUT2D eigenvalue weighted by molar-refractivity contribution is 5.94. The summed E-state index contributed by atoms with van der Waals surface area (Å²) < 4.78 is 10.6. The van der Waals surface area contributed by atoms with Crippen molar-refractivity contribution in [1.82, 2.24) is 24.9 Å². The lowest BCUT2D eigenvalue weighted by molar-refractivity contribution is 0.0551. The van der Waals surface area contributed by atoms with Crippen molar-refractivity contribution in [3.63, 3.8) is 0 Å². The lowest BCUT2D eigenvalue weighted by Gasteiger charge is -2.36. The quantitative estimate of drug-likeness (QED) is 0.621. The monoisotopic (exact) mass is 407 g/mol. The van der Waals surface area contributed by atoms with Crippen molar-refractivity contribution < 1.29 is 14.1 Å². The molecule has 1 aliphatic heterocycles. The minimum absolute atomic E-state index is 0.00179. The van der Waals surface area contributed by atoms with E-state index in [4.69, 9.17) is 9.26 Å². The number of hydrogen-bond acceptors (Lipinski definition) is 7. The molecule has 0 N–H and O–H groups in total. The normalized spacial score (nSPS) is 15.7. The van der Waals surface area contributed by atoms with E-state index in [9.17, 15) is 4.79 Å². The second-order valence-electron chi connectivity index (χ2n) is 7.30. The SMILES string of the molecule is COc1ccc(C(=O)N2CCN([C@H](C)c3nc(Cc4ccccc4)no3)CC2)cn1. The largest absolute Gasteiger partial charge is 0.481 e. The Balaban J connectivity index is 1.33. The zero-order valence-electron chi connectivity index (χ0n) is 17.2. The van der Waals surface area contributed by atoms with E-state index in [1.165, 1.54) is 0 Å². The molecule has 3 aromatic rings. The molecule has 8 heteroatoms. The first-order chi connectivity index (χ1) is 14.6. The number of ether oxygens (including phenoxy) is 1. The fourth-order valence-electron chi connectivity index (χ4n) is 3.57. The van der Waals surface area contributed by atoms with Crippen LogP contribution in [0.15, 0.2) is 53.2 Å². The smallest absolute Gasteiger partial charge is 0.255 e. The summed E-state index contributed by atoms with van der Waals surface area (Å²) in [4.78, 5) is 25.5. The van der Waals surface area contributed by atoms with Gasteiger partial charge in [0.15, 0.2) is 5.82 Å². The first-order valence-electron chi connectivity index (χ1n) is 10.0. The van der Waals surface area contributed by atoms with Crippen molar-refractivity contribution in [3.8, 4) is 5.88 Å². The molecule has 1 fully saturated rings. The van der Waals surface area contributed by atoms with Crippen molar-refractivity contribution in [1.29, 1.82) is 0 Å². The van der Waals surface area contributed by atoms with Gasteiger partial charge >= 0.3 is 0 Å². The van der Waals surface area contributed by atoms with Gasteiger partial charge in [-0.05, 0) is 18.6 Å². The predicted molar refractivity (Wildman–Crippen MR) is 110 cm³/mol. The van der Waals surface area contributed by atoms with E-state index in [0.717, 1.165) is 18.7 Å². The Hall–Kier alpha value is -3.26. The Morgan fingerprint density at radius 2 is 1.90 bits per heavy atom. The van der Waals surface area contributed by atoms with Crippen molar-refractivity contribution in [2.24, 2.45) is 0 Å². The molecule has 0 spiro atoms. The Morgan fingerprint density at radius 3 is 2.57 bits per heavy atom. The Bertz CT molecular complexity index is 966. The number of amides is 1. The van der Waals surface area contributed by atoms with Crippen LogP contribution in [0.1, 0.15) is 40.6 Å². The third-order valence-electron chi connectivity index (χ3n) is 5.39. The average molecular weight is 407 g/mol. The third-order valence-corrected chi connectivity index (χ3v) is 5.39. The molecule has 3 heterocycles. The zero-order valence-corrected chi connectivity index (χ0v) is 17.2. The molecule has 1 aromatic carbocycles. The second-order valence-corrected chi connectivity index (χ2v) is 7.30. The molecular formula is C22H25N5O3. The van der Waals surface area contributed by atoms with E-state index in [0.29, 0.717) is 42.7 Å². The number of carbonyl (C=O) groups is 1. The van der Waals surface area contributed by atoms with Crippen LogP contribution >= 0.6 is 0 Å². The molecule has 0 saturated carbocycles. The van der Waals surface area contributed by atoms with E-state index in [2.05, 4.69) is 26.9 Å². The van der Waals surface area contributed by atoms with Crippen LogP contribution in [-0.2, 0) is 6.42 Å². The molecular weight excluding hydrogens is 382 g/mol. The molecule has 30 heavy (non-hydrogen) atoms. The zero-order chi connectivity index (χ0) is 20.9. The lowest BCUT2D eigenvalue weighted by atomic mass is 10.1. The van der Waals surface area contributed by atoms with Crippen molar-refractivity contribution in [2.45, 2.75) is 19.4 Å². The minimum Gasteiger partial charge on any atom is -0.481 e. The van der Waals surface area contributed by atoms with E-state index in [1.807, 2.05) is 35.2 Å². The minimum atomic E-state index is -0.0135. The van der Waals surface area contributed by atoms with E-state index in [1.54, 1.807) is 25.4 Å². The summed E-state index contributed by atoms with van der Waals surface area (Å²) in [5, 5.41) is 4.13. The molecule has 0 aliphatic carbocycles. The summed E-state index contributed by atoms with van der Waals surface area (Å²) in [6, 6.07) is 13.5. The number of benzene rings is 1. The summed E-state index contributed by atoms with van der Waals surface area (Å²) in [6.45, 7) is 4.82. The third kappa shape index (κ3) is 4.49. The highest BCUT2D eigenvalue weighted by Gasteiger charge is 2.28. The van der Waals surface area contributed by atoms with Crippen molar-refractivity contribution >= 4 is 5.91 Å². The standard InChI is InChI=1S/C22H25N5O3/c1-16(21-24-19(25-30-21)14-17-6-4-3-5-7-17)26-10-12-27(13-11-26)22(28)18-8-9-20(29-2)23-15-18/h3-9,15-16H,10-14H2,1-2H3/t16-/m1/s1. The Labute approximate surface area is 175 Å². The van der Waals surface area contributed by atoms with Gasteiger partial charge in [-0.25, -0.2) is 4.98 Å². The number of aromatic nitrogens is 3. The van der Waals surface area contributed by atoms with Gasteiger partial charge in [0.25, 0.3) is 5.91 Å². The number of nitrogens with zero attached hydrogens (tertiary/aromatic N) is 5. The fraction of sp³-hybridized carbons (Fsp3) is 0.364. The maximum absolute atomic E-state index is 12.7. The molecule has 4 rings (SSSR count). The van der Waals surface area contributed by atoms with Crippen LogP contribution in [0.4, 0.5) is 0 Å². The van der Waals surface area contributed by atoms with Gasteiger partial charge in [0.05, 0.1) is 18.7 Å². The van der Waals surface area contributed by atoms with Crippen LogP contribution in [-0.4, -0.2) is 64.1 Å². The number of methoxy groups -OCH3 is 1. The number of piperazine rings is 1. The fourth-order valence-corrected chi connectivity index (χ4v) is 3.57. The van der Waals surface area contributed by atoms with Crippen LogP contribution in [0, 0.1) is 0 Å². The second kappa shape index (κ2) is 9.04. The molecule has 0 unspecified atom stereocenters. The van der Waals surface area contributed by atoms with Crippen LogP contribution in [0.25, 0.3) is 0 Å². The van der Waals surface area contributed by atoms with E-state index in [-0.39, 0.29) is 11.9 Å². The molecule has 1 amide bonds. The molecule has 1 aliphatic rings. The lowest BCUT2D eigenvalue weighted by Crippen LogP contribution is -2.49. The number of carbonyl (C=O) groups excluding carboxylic acids is 1. The highest BCUT2D eigenvalue weighted by Crippen LogP contribution is 2.21. The van der Waals surface area contributed by atoms with Gasteiger partial charge in [-0.1, -0.05) is 35.5 Å². The van der Waals surface area contributed by atoms with Gasteiger partial charge in [0.1, 0.15) is 0 Å². The number of hydrogen-bond donors (Lipinski definition) is 0. The van der Waals surface area contributed by atoms with Crippen LogP contribution < -0.4 is 4.74 Å². The van der Waals surface area contributed by atoms with Crippen molar-refractivity contribution in [3.05, 3.63) is 71.5 Å². The first kappa shape index (κ1) is 20.0. The average Bonchev–Trinajstić information content (AvgIpc) is 3.27. The highest BCUT2D eigenvalue weighted by atomic mass is 16.5. The van der Waals surface area contributed by atoms with Gasteiger partial charge in [0, 0.05) is 44.9 Å². The van der Waals surface area contributed by atoms with Gasteiger partial charge in [-0.15, -0.1) is 0 Å². The molecule has 1 atom stereocenters. The van der Waals surface area contributed by atoms with Gasteiger partial charge in [-0.3, -0.25) is 9.69 Å². The molecule has 8 nitrogen and oxygen atoms in total. The summed E-state index contributed by atoms with van der Waals surface area (Å²) in [5.41, 5.74) is 1.72. The number of pyridine rings is 1. The first-order valence-corrected chi connectivity index (χ1v) is 10.0. The van der Waals surface area contributed by atoms with E-state index >= 15 is 0 Å². The molecule has 0 bridgehead atoms. The van der Waals surface area contributed by atoms with Gasteiger partial charge < -0.3 is 14.2 Å². The van der Waals surface area contributed by atoms with Crippen LogP contribution in [0.5, 0.6) is 5.88 Å². The molecule has 2 aromatic heterocycles. The van der Waals surface area contributed by atoms with Crippen molar-refractivity contribution in [2.75, 3.05) is 33.3 Å². The molecule has 1 saturated heterocycles. The Kier molecular flexibility index (Phi) is 6.04. The summed E-state index contributed by atoms with van der Waals surface area (Å²) in [5.74, 6) is 1.78. The van der Waals surface area contributed by atoms with E-state index < -0.39 is 0 Å². The number of rotatable bonds is 6. The topological polar surface area (TPSA) is 84.6 Å². The Morgan fingerprint density at radius 1 is 1.13 bits per heavy atom. The maximum atomic E-state index is 12.7.